The Morgan fingerprint density at radius 2 is 2.15 bits per heavy atom. The van der Waals surface area contributed by atoms with E-state index in [1.165, 1.54) is 0 Å². The summed E-state index contributed by atoms with van der Waals surface area (Å²) in [6.07, 6.45) is -2.28. The van der Waals surface area contributed by atoms with E-state index in [-0.39, 0.29) is 12.1 Å². The SMILES string of the molecule is NCc1c(O)cnc(F)c1C(F)F. The average Bonchev–Trinajstić information content (AvgIpc) is 2.07. The molecule has 1 aromatic heterocycles. The first-order valence-electron chi connectivity index (χ1n) is 3.42. The largest absolute Gasteiger partial charge is 0.506 e. The number of halogens is 3. The van der Waals surface area contributed by atoms with E-state index in [1.54, 1.807) is 0 Å². The molecule has 72 valence electrons. The minimum Gasteiger partial charge on any atom is -0.506 e. The molecule has 1 heterocycles. The van der Waals surface area contributed by atoms with Crippen molar-refractivity contribution in [2.45, 2.75) is 13.0 Å². The van der Waals surface area contributed by atoms with Crippen LogP contribution < -0.4 is 5.73 Å². The zero-order chi connectivity index (χ0) is 10.0. The molecule has 13 heavy (non-hydrogen) atoms. The lowest BCUT2D eigenvalue weighted by molar-refractivity contribution is 0.143. The van der Waals surface area contributed by atoms with Gasteiger partial charge in [-0.2, -0.15) is 4.39 Å². The quantitative estimate of drug-likeness (QED) is 0.695. The van der Waals surface area contributed by atoms with E-state index in [2.05, 4.69) is 4.98 Å². The highest BCUT2D eigenvalue weighted by molar-refractivity contribution is 5.37. The Balaban J connectivity index is 3.35. The van der Waals surface area contributed by atoms with Crippen LogP contribution >= 0.6 is 0 Å². The van der Waals surface area contributed by atoms with Crippen molar-refractivity contribution in [3.63, 3.8) is 0 Å². The zero-order valence-corrected chi connectivity index (χ0v) is 6.47. The number of nitrogens with zero attached hydrogens (tertiary/aromatic N) is 1. The summed E-state index contributed by atoms with van der Waals surface area (Å²) in [7, 11) is 0. The van der Waals surface area contributed by atoms with Gasteiger partial charge in [0.15, 0.2) is 0 Å². The Hall–Kier alpha value is -1.30. The maximum absolute atomic E-state index is 12.7. The number of rotatable bonds is 2. The second kappa shape index (κ2) is 3.61. The van der Waals surface area contributed by atoms with Crippen molar-refractivity contribution in [2.24, 2.45) is 5.73 Å². The second-order valence-corrected chi connectivity index (χ2v) is 2.33. The van der Waals surface area contributed by atoms with Gasteiger partial charge in [-0.15, -0.1) is 0 Å². The van der Waals surface area contributed by atoms with Crippen LogP contribution in [0.3, 0.4) is 0 Å². The van der Waals surface area contributed by atoms with Crippen LogP contribution in [0.5, 0.6) is 5.75 Å². The van der Waals surface area contributed by atoms with Gasteiger partial charge in [-0.3, -0.25) is 0 Å². The van der Waals surface area contributed by atoms with Gasteiger partial charge in [0.1, 0.15) is 5.75 Å². The lowest BCUT2D eigenvalue weighted by Gasteiger charge is -2.08. The van der Waals surface area contributed by atoms with Gasteiger partial charge in [0.25, 0.3) is 6.43 Å². The van der Waals surface area contributed by atoms with Gasteiger partial charge in [-0.1, -0.05) is 0 Å². The van der Waals surface area contributed by atoms with Crippen LogP contribution in [0.25, 0.3) is 0 Å². The van der Waals surface area contributed by atoms with Crippen LogP contribution in [0.1, 0.15) is 17.6 Å². The smallest absolute Gasteiger partial charge is 0.268 e. The first kappa shape index (κ1) is 9.79. The van der Waals surface area contributed by atoms with Crippen LogP contribution in [-0.4, -0.2) is 10.1 Å². The Labute approximate surface area is 72.0 Å². The Kier molecular flexibility index (Phi) is 2.72. The van der Waals surface area contributed by atoms with E-state index < -0.39 is 23.7 Å². The lowest BCUT2D eigenvalue weighted by Crippen LogP contribution is -2.06. The maximum Gasteiger partial charge on any atom is 0.268 e. The number of pyridine rings is 1. The van der Waals surface area contributed by atoms with Crippen molar-refractivity contribution in [2.75, 3.05) is 0 Å². The second-order valence-electron chi connectivity index (χ2n) is 2.33. The topological polar surface area (TPSA) is 59.1 Å². The molecule has 0 aliphatic carbocycles. The number of aromatic nitrogens is 1. The summed E-state index contributed by atoms with van der Waals surface area (Å²) in [6, 6.07) is 0. The first-order valence-corrected chi connectivity index (χ1v) is 3.42. The molecule has 0 aromatic carbocycles. The van der Waals surface area contributed by atoms with Crippen molar-refractivity contribution < 1.29 is 18.3 Å². The highest BCUT2D eigenvalue weighted by Crippen LogP contribution is 2.29. The van der Waals surface area contributed by atoms with E-state index in [4.69, 9.17) is 10.8 Å². The van der Waals surface area contributed by atoms with Crippen molar-refractivity contribution >= 4 is 0 Å². The van der Waals surface area contributed by atoms with Crippen molar-refractivity contribution in [1.29, 1.82) is 0 Å². The summed E-state index contributed by atoms with van der Waals surface area (Å²) in [5.74, 6) is -1.81. The Bertz CT molecular complexity index is 317. The van der Waals surface area contributed by atoms with Gasteiger partial charge in [0, 0.05) is 12.1 Å². The molecule has 0 atom stereocenters. The highest BCUT2D eigenvalue weighted by Gasteiger charge is 2.21. The molecule has 0 unspecified atom stereocenters. The molecular formula is C7H7F3N2O. The van der Waals surface area contributed by atoms with Crippen LogP contribution in [0, 0.1) is 5.95 Å². The van der Waals surface area contributed by atoms with Gasteiger partial charge in [-0.05, 0) is 0 Å². The minimum absolute atomic E-state index is 0.303. The fourth-order valence-electron chi connectivity index (χ4n) is 0.964. The molecular weight excluding hydrogens is 185 g/mol. The fourth-order valence-corrected chi connectivity index (χ4v) is 0.964. The molecule has 0 amide bonds. The number of aromatic hydroxyl groups is 1. The van der Waals surface area contributed by atoms with Crippen LogP contribution in [0.15, 0.2) is 6.20 Å². The lowest BCUT2D eigenvalue weighted by atomic mass is 10.1. The van der Waals surface area contributed by atoms with Gasteiger partial charge < -0.3 is 10.8 Å². The van der Waals surface area contributed by atoms with Gasteiger partial charge in [0.2, 0.25) is 5.95 Å². The molecule has 0 spiro atoms. The number of alkyl halides is 2. The third-order valence-corrected chi connectivity index (χ3v) is 1.58. The molecule has 0 fully saturated rings. The summed E-state index contributed by atoms with van der Waals surface area (Å²) in [5.41, 5.74) is 3.84. The van der Waals surface area contributed by atoms with E-state index >= 15 is 0 Å². The Morgan fingerprint density at radius 1 is 1.54 bits per heavy atom. The standard InChI is InChI=1S/C7H7F3N2O/c8-6(9)5-3(1-11)4(13)2-12-7(5)10/h2,6,13H,1,11H2. The van der Waals surface area contributed by atoms with E-state index in [9.17, 15) is 13.2 Å². The molecule has 0 bridgehead atoms. The molecule has 0 saturated heterocycles. The van der Waals surface area contributed by atoms with Crippen LogP contribution in [0.4, 0.5) is 13.2 Å². The maximum atomic E-state index is 12.7. The Morgan fingerprint density at radius 3 is 2.54 bits per heavy atom. The van der Waals surface area contributed by atoms with Gasteiger partial charge >= 0.3 is 0 Å². The monoisotopic (exact) mass is 192 g/mol. The van der Waals surface area contributed by atoms with Gasteiger partial charge in [0.05, 0.1) is 11.8 Å². The summed E-state index contributed by atoms with van der Waals surface area (Å²) in [4.78, 5) is 2.96. The number of nitrogens with two attached hydrogens (primary N) is 1. The predicted molar refractivity (Wildman–Crippen MR) is 38.7 cm³/mol. The third-order valence-electron chi connectivity index (χ3n) is 1.58. The summed E-state index contributed by atoms with van der Waals surface area (Å²) in [5, 5.41) is 9.02. The van der Waals surface area contributed by atoms with Crippen molar-refractivity contribution in [3.8, 4) is 5.75 Å². The minimum atomic E-state index is -3.03. The highest BCUT2D eigenvalue weighted by atomic mass is 19.3. The molecule has 0 saturated carbocycles. The first-order chi connectivity index (χ1) is 6.07. The molecule has 3 N–H and O–H groups in total. The van der Waals surface area contributed by atoms with E-state index in [0.717, 1.165) is 6.20 Å². The molecule has 6 heteroatoms. The molecule has 0 aliphatic heterocycles. The van der Waals surface area contributed by atoms with E-state index in [1.807, 2.05) is 0 Å². The van der Waals surface area contributed by atoms with Crippen LogP contribution in [0.2, 0.25) is 0 Å². The fraction of sp³-hybridized carbons (Fsp3) is 0.286. The molecule has 0 aliphatic rings. The third kappa shape index (κ3) is 1.72. The van der Waals surface area contributed by atoms with Gasteiger partial charge in [-0.25, -0.2) is 13.8 Å². The molecule has 1 aromatic rings. The summed E-state index contributed by atoms with van der Waals surface area (Å²) in [6.45, 7) is -0.356. The van der Waals surface area contributed by atoms with Crippen LogP contribution in [-0.2, 0) is 6.54 Å². The predicted octanol–water partition coefficient (Wildman–Crippen LogP) is 1.32. The number of hydrogen-bond acceptors (Lipinski definition) is 3. The molecule has 0 radical (unpaired) electrons. The molecule has 3 nitrogen and oxygen atoms in total. The van der Waals surface area contributed by atoms with Crippen molar-refractivity contribution in [3.05, 3.63) is 23.3 Å². The number of hydrogen-bond donors (Lipinski definition) is 2. The normalized spacial score (nSPS) is 10.8. The molecule has 1 rings (SSSR count). The summed E-state index contributed by atoms with van der Waals surface area (Å²) >= 11 is 0. The van der Waals surface area contributed by atoms with E-state index in [0.29, 0.717) is 0 Å². The average molecular weight is 192 g/mol. The summed E-state index contributed by atoms with van der Waals surface area (Å²) < 4.78 is 37.1. The zero-order valence-electron chi connectivity index (χ0n) is 6.47. The van der Waals surface area contributed by atoms with Crippen molar-refractivity contribution in [1.82, 2.24) is 4.98 Å².